The van der Waals surface area contributed by atoms with Crippen LogP contribution < -0.4 is 0 Å². The number of rotatable bonds is 2. The molecule has 15 heavy (non-hydrogen) atoms. The largest absolute Gasteiger partial charge is 0.133 e. The molecule has 2 aromatic heterocycles. The minimum absolute atomic E-state index is 0.568. The molecule has 0 aliphatic carbocycles. The molecule has 0 aliphatic heterocycles. The maximum absolute atomic E-state index is 6.06. The van der Waals surface area contributed by atoms with Gasteiger partial charge in [-0.2, -0.15) is 0 Å². The molecular formula is C9H6Cl4P2. The van der Waals surface area contributed by atoms with Crippen molar-refractivity contribution in [2.24, 2.45) is 0 Å². The Bertz CT molecular complexity index is 442. The Labute approximate surface area is 111 Å². The number of hydrogen-bond donors (Lipinski definition) is 0. The van der Waals surface area contributed by atoms with Gasteiger partial charge in [-0.3, -0.25) is 0 Å². The van der Waals surface area contributed by atoms with Crippen molar-refractivity contribution in [3.8, 4) is 0 Å². The molecule has 2 atom stereocenters. The van der Waals surface area contributed by atoms with E-state index in [1.165, 1.54) is 0 Å². The average molecular weight is 318 g/mol. The lowest BCUT2D eigenvalue weighted by Gasteiger charge is -1.98. The molecule has 0 fully saturated rings. The van der Waals surface area contributed by atoms with Crippen molar-refractivity contribution in [2.75, 3.05) is 0 Å². The molecule has 0 saturated heterocycles. The first kappa shape index (κ1) is 12.2. The lowest BCUT2D eigenvalue weighted by Crippen LogP contribution is -1.80. The summed E-state index contributed by atoms with van der Waals surface area (Å²) in [7, 11) is 1.14. The monoisotopic (exact) mass is 316 g/mol. The van der Waals surface area contributed by atoms with Crippen LogP contribution in [0.4, 0.5) is 0 Å². The summed E-state index contributed by atoms with van der Waals surface area (Å²) in [4.78, 5) is 0. The SMILES string of the molecule is Clc1c[pH]c(Cc2[pH]cc(Cl)c2Cl)c1Cl. The number of halogens is 4. The molecule has 80 valence electrons. The molecule has 0 amide bonds. The highest BCUT2D eigenvalue weighted by molar-refractivity contribution is 7.32. The van der Waals surface area contributed by atoms with Gasteiger partial charge in [0.25, 0.3) is 0 Å². The molecule has 0 aromatic carbocycles. The predicted octanol–water partition coefficient (Wildman–Crippen LogP) is 5.95. The van der Waals surface area contributed by atoms with E-state index in [0.717, 1.165) is 17.0 Å². The van der Waals surface area contributed by atoms with E-state index in [0.29, 0.717) is 36.5 Å². The first-order valence-electron chi connectivity index (χ1n) is 4.12. The Kier molecular flexibility index (Phi) is 4.00. The molecule has 0 aliphatic rings. The molecule has 2 aromatic rings. The average Bonchev–Trinajstić information content (AvgIpc) is 2.68. The lowest BCUT2D eigenvalue weighted by atomic mass is 10.3. The molecule has 2 unspecified atom stereocenters. The zero-order valence-electron chi connectivity index (χ0n) is 7.37. The molecule has 6 heteroatoms. The second-order valence-corrected chi connectivity index (χ2v) is 6.97. The van der Waals surface area contributed by atoms with Crippen molar-refractivity contribution in [3.05, 3.63) is 42.3 Å². The van der Waals surface area contributed by atoms with Crippen molar-refractivity contribution in [1.82, 2.24) is 0 Å². The van der Waals surface area contributed by atoms with E-state index < -0.39 is 0 Å². The molecule has 0 radical (unpaired) electrons. The molecular weight excluding hydrogens is 312 g/mol. The molecule has 0 spiro atoms. The van der Waals surface area contributed by atoms with Crippen LogP contribution in [0.15, 0.2) is 11.6 Å². The zero-order chi connectivity index (χ0) is 11.0. The van der Waals surface area contributed by atoms with Crippen LogP contribution in [-0.4, -0.2) is 0 Å². The van der Waals surface area contributed by atoms with E-state index in [9.17, 15) is 0 Å². The highest BCUT2D eigenvalue weighted by atomic mass is 35.5. The Morgan fingerprint density at radius 1 is 0.800 bits per heavy atom. The Hall–Kier alpha value is 0.720. The quantitative estimate of drug-likeness (QED) is 0.641. The lowest BCUT2D eigenvalue weighted by molar-refractivity contribution is 1.31. The third-order valence-corrected chi connectivity index (χ3v) is 6.80. The first-order valence-corrected chi connectivity index (χ1v) is 7.78. The standard InChI is InChI=1S/C9H6Cl4P2/c10-4-2-14-6(8(4)12)1-7-9(13)5(11)3-15-7/h2-3,14-15H,1H2. The van der Waals surface area contributed by atoms with Gasteiger partial charge < -0.3 is 0 Å². The van der Waals surface area contributed by atoms with Gasteiger partial charge in [0.05, 0.1) is 20.1 Å². The van der Waals surface area contributed by atoms with Crippen LogP contribution in [-0.2, 0) is 6.42 Å². The summed E-state index contributed by atoms with van der Waals surface area (Å²) in [5, 5.41) is 4.98. The van der Waals surface area contributed by atoms with Gasteiger partial charge in [-0.15, -0.1) is 16.4 Å². The van der Waals surface area contributed by atoms with Gasteiger partial charge in [0.15, 0.2) is 0 Å². The van der Waals surface area contributed by atoms with Gasteiger partial charge in [0.1, 0.15) is 0 Å². The van der Waals surface area contributed by atoms with E-state index in [-0.39, 0.29) is 0 Å². The molecule has 2 rings (SSSR count). The second kappa shape index (κ2) is 4.92. The maximum Gasteiger partial charge on any atom is 0.0667 e. The summed E-state index contributed by atoms with van der Waals surface area (Å²) in [6.45, 7) is 0. The van der Waals surface area contributed by atoms with Crippen molar-refractivity contribution in [3.63, 3.8) is 0 Å². The minimum atomic E-state index is 0.568. The summed E-state index contributed by atoms with van der Waals surface area (Å²) in [5.41, 5.74) is 0. The van der Waals surface area contributed by atoms with Crippen LogP contribution in [0.25, 0.3) is 0 Å². The smallest absolute Gasteiger partial charge is 0.0667 e. The molecule has 2 heterocycles. The summed E-state index contributed by atoms with van der Waals surface area (Å²) in [6, 6.07) is 0. The van der Waals surface area contributed by atoms with E-state index >= 15 is 0 Å². The van der Waals surface area contributed by atoms with E-state index in [2.05, 4.69) is 0 Å². The fourth-order valence-corrected chi connectivity index (χ4v) is 4.89. The predicted molar refractivity (Wildman–Crippen MR) is 74.7 cm³/mol. The highest BCUT2D eigenvalue weighted by Gasteiger charge is 2.11. The van der Waals surface area contributed by atoms with Gasteiger partial charge in [-0.05, 0) is 22.2 Å². The zero-order valence-corrected chi connectivity index (χ0v) is 12.4. The van der Waals surface area contributed by atoms with Crippen LogP contribution in [0.2, 0.25) is 20.1 Å². The van der Waals surface area contributed by atoms with Gasteiger partial charge in [-0.1, -0.05) is 46.4 Å². The summed E-state index contributed by atoms with van der Waals surface area (Å²) >= 11 is 23.9. The normalized spacial score (nSPS) is 12.0. The summed E-state index contributed by atoms with van der Waals surface area (Å²) < 4.78 is 0. The van der Waals surface area contributed by atoms with Gasteiger partial charge in [0, 0.05) is 6.42 Å². The van der Waals surface area contributed by atoms with Crippen LogP contribution >= 0.6 is 62.8 Å². The Morgan fingerprint density at radius 2 is 1.20 bits per heavy atom. The first-order chi connectivity index (χ1) is 7.09. The summed E-state index contributed by atoms with van der Waals surface area (Å²) in [6.07, 6.45) is 0.786. The second-order valence-electron chi connectivity index (χ2n) is 3.04. The van der Waals surface area contributed by atoms with Crippen LogP contribution in [0.3, 0.4) is 0 Å². The summed E-state index contributed by atoms with van der Waals surface area (Å²) in [5.74, 6) is 3.89. The van der Waals surface area contributed by atoms with Gasteiger partial charge in [-0.25, -0.2) is 0 Å². The third kappa shape index (κ3) is 2.52. The highest BCUT2D eigenvalue weighted by Crippen LogP contribution is 2.41. The van der Waals surface area contributed by atoms with Crippen molar-refractivity contribution < 1.29 is 0 Å². The van der Waals surface area contributed by atoms with Crippen LogP contribution in [0, 0.1) is 0 Å². The fraction of sp³-hybridized carbons (Fsp3) is 0.111. The van der Waals surface area contributed by atoms with E-state index in [1.807, 2.05) is 11.6 Å². The molecule has 0 bridgehead atoms. The van der Waals surface area contributed by atoms with Crippen LogP contribution in [0.1, 0.15) is 10.6 Å². The fourth-order valence-electron chi connectivity index (χ4n) is 1.28. The molecule has 0 N–H and O–H groups in total. The van der Waals surface area contributed by atoms with Gasteiger partial charge in [0.2, 0.25) is 0 Å². The Balaban J connectivity index is 2.29. The van der Waals surface area contributed by atoms with Crippen molar-refractivity contribution >= 4 is 62.8 Å². The molecule has 0 nitrogen and oxygen atoms in total. The Morgan fingerprint density at radius 3 is 1.47 bits per heavy atom. The maximum atomic E-state index is 6.06. The molecule has 0 saturated carbocycles. The van der Waals surface area contributed by atoms with Crippen molar-refractivity contribution in [1.29, 1.82) is 0 Å². The van der Waals surface area contributed by atoms with E-state index in [4.69, 9.17) is 46.4 Å². The van der Waals surface area contributed by atoms with Crippen LogP contribution in [0.5, 0.6) is 0 Å². The van der Waals surface area contributed by atoms with Gasteiger partial charge >= 0.3 is 0 Å². The van der Waals surface area contributed by atoms with Crippen molar-refractivity contribution in [2.45, 2.75) is 6.42 Å². The minimum Gasteiger partial charge on any atom is -0.133 e. The third-order valence-electron chi connectivity index (χ3n) is 2.05. The topological polar surface area (TPSA) is 0 Å². The number of hydrogen-bond acceptors (Lipinski definition) is 0. The van der Waals surface area contributed by atoms with E-state index in [1.54, 1.807) is 0 Å².